The lowest BCUT2D eigenvalue weighted by Crippen LogP contribution is -2.49. The van der Waals surface area contributed by atoms with Gasteiger partial charge >= 0.3 is 0 Å². The smallest absolute Gasteiger partial charge is 0.247 e. The lowest BCUT2D eigenvalue weighted by Gasteiger charge is -2.39. The normalized spacial score (nSPS) is 18.5. The van der Waals surface area contributed by atoms with Gasteiger partial charge in [0.05, 0.1) is 18.9 Å². The summed E-state index contributed by atoms with van der Waals surface area (Å²) in [5.41, 5.74) is 7.13. The first-order valence-corrected chi connectivity index (χ1v) is 13.2. The van der Waals surface area contributed by atoms with Gasteiger partial charge in [-0.15, -0.1) is 5.10 Å². The molecule has 3 heterocycles. The van der Waals surface area contributed by atoms with Gasteiger partial charge in [0.1, 0.15) is 10.8 Å². The minimum atomic E-state index is -1.58. The van der Waals surface area contributed by atoms with Crippen LogP contribution in [0, 0.1) is 0 Å². The molecule has 1 saturated heterocycles. The van der Waals surface area contributed by atoms with E-state index in [9.17, 15) is 4.21 Å². The van der Waals surface area contributed by atoms with Crippen molar-refractivity contribution in [3.8, 4) is 0 Å². The van der Waals surface area contributed by atoms with E-state index in [0.717, 1.165) is 37.1 Å². The standard InChI is InChI=1S/C22H26N6O3S.C2H6/c1-28-17(22(30-2)11-31-12-22)10-18(27-28)32(29)21-24-20(25-26-21)23-19-15-7-3-5-13(15)9-14-6-4-8-16(14)19;1-2/h9-10H,3-8,11-12H2,1-2H3,(H2,23,24,25,26);1-2H3. The van der Waals surface area contributed by atoms with Crippen LogP contribution in [-0.4, -0.2) is 49.5 Å². The Kier molecular flexibility index (Phi) is 6.30. The number of benzene rings is 1. The van der Waals surface area contributed by atoms with E-state index < -0.39 is 16.4 Å². The highest BCUT2D eigenvalue weighted by Gasteiger charge is 2.43. The highest BCUT2D eigenvalue weighted by atomic mass is 32.2. The zero-order valence-corrected chi connectivity index (χ0v) is 21.0. The quantitative estimate of drug-likeness (QED) is 0.553. The van der Waals surface area contributed by atoms with Gasteiger partial charge in [-0.3, -0.25) is 4.68 Å². The topological polar surface area (TPSA) is 107 Å². The molecule has 1 aliphatic heterocycles. The van der Waals surface area contributed by atoms with Gasteiger partial charge in [-0.05, 0) is 66.8 Å². The fourth-order valence-electron chi connectivity index (χ4n) is 5.18. The Bertz CT molecular complexity index is 1190. The summed E-state index contributed by atoms with van der Waals surface area (Å²) in [6.45, 7) is 4.91. The number of fused-ring (bicyclic) bond motifs is 2. The number of methoxy groups -OCH3 is 1. The van der Waals surface area contributed by atoms with Gasteiger partial charge in [-0.25, -0.2) is 9.31 Å². The third-order valence-corrected chi connectivity index (χ3v) is 8.04. The first-order valence-electron chi connectivity index (χ1n) is 12.0. The molecule has 1 fully saturated rings. The molecule has 0 radical (unpaired) electrons. The minimum Gasteiger partial charge on any atom is -0.374 e. The van der Waals surface area contributed by atoms with Crippen LogP contribution in [0.2, 0.25) is 0 Å². The first kappa shape index (κ1) is 23.2. The summed E-state index contributed by atoms with van der Waals surface area (Å²) in [5, 5.41) is 15.7. The van der Waals surface area contributed by atoms with Crippen LogP contribution in [0.5, 0.6) is 0 Å². The third-order valence-electron chi connectivity index (χ3n) is 6.93. The summed E-state index contributed by atoms with van der Waals surface area (Å²) >= 11 is 0. The Balaban J connectivity index is 0.00000117. The Morgan fingerprint density at radius 1 is 1.12 bits per heavy atom. The summed E-state index contributed by atoms with van der Waals surface area (Å²) < 4.78 is 25.9. The van der Waals surface area contributed by atoms with Crippen molar-refractivity contribution in [2.24, 2.45) is 7.05 Å². The van der Waals surface area contributed by atoms with Crippen molar-refractivity contribution in [3.63, 3.8) is 0 Å². The van der Waals surface area contributed by atoms with E-state index in [-0.39, 0.29) is 5.16 Å². The second kappa shape index (κ2) is 9.24. The molecule has 0 amide bonds. The number of ether oxygens (including phenoxy) is 2. The molecule has 2 aliphatic carbocycles. The molecule has 9 nitrogen and oxygen atoms in total. The van der Waals surface area contributed by atoms with Gasteiger partial charge in [0.25, 0.3) is 0 Å². The molecule has 6 rings (SSSR count). The molecule has 3 aromatic rings. The molecule has 1 unspecified atom stereocenters. The SMILES string of the molecule is CC.COC1(c2cc(S(=O)c3nc(Nc4c5c(cc6c4CCC6)CCC5)n[nH]3)nn2C)COC1. The van der Waals surface area contributed by atoms with E-state index >= 15 is 0 Å². The van der Waals surface area contributed by atoms with Gasteiger partial charge in [0, 0.05) is 19.8 Å². The number of hydrogen-bond donors (Lipinski definition) is 2. The maximum Gasteiger partial charge on any atom is 0.247 e. The largest absolute Gasteiger partial charge is 0.374 e. The maximum atomic E-state index is 13.2. The molecule has 3 aliphatic rings. The van der Waals surface area contributed by atoms with Gasteiger partial charge in [-0.2, -0.15) is 10.1 Å². The molecule has 34 heavy (non-hydrogen) atoms. The molecular formula is C24H32N6O3S. The molecule has 0 spiro atoms. The molecule has 2 N–H and O–H groups in total. The Morgan fingerprint density at radius 3 is 2.38 bits per heavy atom. The number of H-pyrrole nitrogens is 1. The van der Waals surface area contributed by atoms with Crippen LogP contribution >= 0.6 is 0 Å². The summed E-state index contributed by atoms with van der Waals surface area (Å²) in [4.78, 5) is 4.51. The highest BCUT2D eigenvalue weighted by Crippen LogP contribution is 2.39. The number of aryl methyl sites for hydroxylation is 3. The third kappa shape index (κ3) is 3.77. The minimum absolute atomic E-state index is 0.276. The number of aromatic amines is 1. The lowest BCUT2D eigenvalue weighted by atomic mass is 9.97. The second-order valence-corrected chi connectivity index (χ2v) is 10.1. The van der Waals surface area contributed by atoms with Gasteiger partial charge in [-0.1, -0.05) is 19.9 Å². The lowest BCUT2D eigenvalue weighted by molar-refractivity contribution is -0.206. The summed E-state index contributed by atoms with van der Waals surface area (Å²) in [7, 11) is 1.88. The molecule has 2 aromatic heterocycles. The fraction of sp³-hybridized carbons (Fsp3) is 0.542. The van der Waals surface area contributed by atoms with Crippen LogP contribution in [0.1, 0.15) is 54.6 Å². The highest BCUT2D eigenvalue weighted by molar-refractivity contribution is 7.84. The van der Waals surface area contributed by atoms with Gasteiger partial charge in [0.15, 0.2) is 10.6 Å². The van der Waals surface area contributed by atoms with Gasteiger partial charge in [0.2, 0.25) is 11.1 Å². The van der Waals surface area contributed by atoms with E-state index in [1.165, 1.54) is 35.1 Å². The van der Waals surface area contributed by atoms with E-state index in [4.69, 9.17) is 9.47 Å². The van der Waals surface area contributed by atoms with Crippen molar-refractivity contribution in [2.75, 3.05) is 25.6 Å². The summed E-state index contributed by atoms with van der Waals surface area (Å²) in [6, 6.07) is 4.20. The summed E-state index contributed by atoms with van der Waals surface area (Å²) in [6.07, 6.45) is 6.80. The molecule has 0 saturated carbocycles. The Morgan fingerprint density at radius 2 is 1.79 bits per heavy atom. The van der Waals surface area contributed by atoms with Crippen LogP contribution in [-0.2, 0) is 58.6 Å². The van der Waals surface area contributed by atoms with Crippen molar-refractivity contribution in [2.45, 2.75) is 68.2 Å². The van der Waals surface area contributed by atoms with Crippen LogP contribution in [0.15, 0.2) is 22.3 Å². The molecule has 1 aromatic carbocycles. The van der Waals surface area contributed by atoms with Gasteiger partial charge < -0.3 is 14.8 Å². The molecular weight excluding hydrogens is 452 g/mol. The maximum absolute atomic E-state index is 13.2. The first-order chi connectivity index (χ1) is 16.6. The molecule has 1 atom stereocenters. The van der Waals surface area contributed by atoms with Crippen molar-refractivity contribution >= 4 is 22.4 Å². The van der Waals surface area contributed by atoms with E-state index in [1.54, 1.807) is 17.9 Å². The fourth-order valence-corrected chi connectivity index (χ4v) is 6.09. The molecule has 10 heteroatoms. The zero-order chi connectivity index (χ0) is 23.9. The van der Waals surface area contributed by atoms with Crippen LogP contribution in [0.3, 0.4) is 0 Å². The van der Waals surface area contributed by atoms with E-state index in [0.29, 0.717) is 24.2 Å². The van der Waals surface area contributed by atoms with Crippen molar-refractivity contribution in [1.82, 2.24) is 25.0 Å². The Labute approximate surface area is 202 Å². The van der Waals surface area contributed by atoms with E-state index in [2.05, 4.69) is 31.7 Å². The monoisotopic (exact) mass is 484 g/mol. The average molecular weight is 485 g/mol. The number of rotatable bonds is 6. The number of aromatic nitrogens is 5. The van der Waals surface area contributed by atoms with E-state index in [1.807, 2.05) is 20.9 Å². The van der Waals surface area contributed by atoms with Crippen molar-refractivity contribution in [1.29, 1.82) is 0 Å². The van der Waals surface area contributed by atoms with Crippen molar-refractivity contribution < 1.29 is 13.7 Å². The van der Waals surface area contributed by atoms with Crippen LogP contribution in [0.4, 0.5) is 11.6 Å². The predicted molar refractivity (Wildman–Crippen MR) is 129 cm³/mol. The zero-order valence-electron chi connectivity index (χ0n) is 20.2. The number of nitrogens with one attached hydrogen (secondary N) is 2. The summed E-state index contributed by atoms with van der Waals surface area (Å²) in [5.74, 6) is 0.444. The average Bonchev–Trinajstić information content (AvgIpc) is 3.61. The number of anilines is 2. The number of nitrogens with zero attached hydrogens (tertiary/aromatic N) is 4. The molecule has 0 bridgehead atoms. The van der Waals surface area contributed by atoms with Crippen molar-refractivity contribution in [3.05, 3.63) is 40.1 Å². The Hall–Kier alpha value is -2.56. The van der Waals surface area contributed by atoms with Crippen LogP contribution < -0.4 is 5.32 Å². The second-order valence-electron chi connectivity index (χ2n) is 8.77. The van der Waals surface area contributed by atoms with Crippen LogP contribution in [0.25, 0.3) is 0 Å². The number of hydrogen-bond acceptors (Lipinski definition) is 7. The predicted octanol–water partition coefficient (Wildman–Crippen LogP) is 3.32. The molecule has 182 valence electrons.